The Kier molecular flexibility index (Phi) is 6.01. The number of carbonyl (C=O) groups is 1. The summed E-state index contributed by atoms with van der Waals surface area (Å²) in [4.78, 5) is 10.9. The van der Waals surface area contributed by atoms with E-state index >= 15 is 0 Å². The molecule has 0 spiro atoms. The van der Waals surface area contributed by atoms with Crippen LogP contribution in [0.1, 0.15) is 13.8 Å². The van der Waals surface area contributed by atoms with Crippen LogP contribution in [-0.2, 0) is 14.0 Å². The molecule has 72 valence electrons. The zero-order valence-electron chi connectivity index (χ0n) is 8.29. The Bertz CT molecular complexity index is 134. The summed E-state index contributed by atoms with van der Waals surface area (Å²) >= 11 is 0. The molecule has 0 aromatic heterocycles. The molecule has 0 amide bonds. The summed E-state index contributed by atoms with van der Waals surface area (Å²) in [5.74, 6) is -0.190. The Morgan fingerprint density at radius 2 is 1.92 bits per heavy atom. The number of rotatable bonds is 5. The van der Waals surface area contributed by atoms with Crippen molar-refractivity contribution < 1.29 is 14.0 Å². The Morgan fingerprint density at radius 1 is 1.33 bits per heavy atom. The Labute approximate surface area is 75.8 Å². The van der Waals surface area contributed by atoms with Crippen LogP contribution >= 0.6 is 0 Å². The number of ether oxygens (including phenoxy) is 1. The van der Waals surface area contributed by atoms with E-state index in [1.165, 1.54) is 0 Å². The van der Waals surface area contributed by atoms with Gasteiger partial charge in [-0.1, -0.05) is 13.8 Å². The van der Waals surface area contributed by atoms with Gasteiger partial charge in [0.2, 0.25) is 0 Å². The molecule has 0 aliphatic rings. The first-order valence-electron chi connectivity index (χ1n) is 4.32. The highest BCUT2D eigenvalue weighted by Crippen LogP contribution is 1.95. The normalized spacial score (nSPS) is 10.8. The second-order valence-electron chi connectivity index (χ2n) is 3.24. The van der Waals surface area contributed by atoms with Gasteiger partial charge in [0.05, 0.1) is 12.5 Å². The molecule has 0 aromatic carbocycles. The van der Waals surface area contributed by atoms with Gasteiger partial charge in [0.25, 0.3) is 0 Å². The third kappa shape index (κ3) is 6.36. The minimum atomic E-state index is -0.949. The van der Waals surface area contributed by atoms with Crippen LogP contribution in [0.4, 0.5) is 0 Å². The van der Waals surface area contributed by atoms with Crippen molar-refractivity contribution in [3.63, 3.8) is 0 Å². The zero-order valence-corrected chi connectivity index (χ0v) is 9.45. The SMILES string of the molecule is CC(C)C(=O)OCCO[SiH](C)C. The lowest BCUT2D eigenvalue weighted by molar-refractivity contribution is -0.148. The van der Waals surface area contributed by atoms with E-state index in [4.69, 9.17) is 9.16 Å². The van der Waals surface area contributed by atoms with Crippen LogP contribution in [-0.4, -0.2) is 28.2 Å². The molecule has 0 saturated carbocycles. The summed E-state index contributed by atoms with van der Waals surface area (Å²) in [6, 6.07) is 0. The van der Waals surface area contributed by atoms with Gasteiger partial charge in [0.1, 0.15) is 6.61 Å². The molecule has 0 saturated heterocycles. The standard InChI is InChI=1S/C8H18O3Si/c1-7(2)8(9)10-5-6-11-12(3)4/h7,12H,5-6H2,1-4H3. The molecule has 0 aromatic rings. The van der Waals surface area contributed by atoms with E-state index in [-0.39, 0.29) is 11.9 Å². The fourth-order valence-electron chi connectivity index (χ4n) is 0.593. The molecule has 0 aliphatic heterocycles. The van der Waals surface area contributed by atoms with Gasteiger partial charge in [-0.2, -0.15) is 0 Å². The van der Waals surface area contributed by atoms with E-state index in [0.29, 0.717) is 13.2 Å². The van der Waals surface area contributed by atoms with Crippen molar-refractivity contribution in [2.75, 3.05) is 13.2 Å². The van der Waals surface area contributed by atoms with Crippen LogP contribution in [0.2, 0.25) is 13.1 Å². The highest BCUT2D eigenvalue weighted by molar-refractivity contribution is 6.48. The highest BCUT2D eigenvalue weighted by atomic mass is 28.3. The fourth-order valence-corrected chi connectivity index (χ4v) is 1.16. The molecule has 0 bridgehead atoms. The van der Waals surface area contributed by atoms with Gasteiger partial charge in [-0.15, -0.1) is 0 Å². The van der Waals surface area contributed by atoms with E-state index < -0.39 is 9.04 Å². The average molecular weight is 190 g/mol. The molecule has 0 fully saturated rings. The molecule has 4 heteroatoms. The maximum absolute atomic E-state index is 10.9. The molecule has 0 aliphatic carbocycles. The van der Waals surface area contributed by atoms with Crippen molar-refractivity contribution in [1.82, 2.24) is 0 Å². The minimum absolute atomic E-state index is 0.0405. The molecular weight excluding hydrogens is 172 g/mol. The molecule has 0 N–H and O–H groups in total. The largest absolute Gasteiger partial charge is 0.463 e. The first-order chi connectivity index (χ1) is 5.54. The van der Waals surface area contributed by atoms with Gasteiger partial charge in [0.15, 0.2) is 9.04 Å². The lowest BCUT2D eigenvalue weighted by atomic mass is 10.2. The van der Waals surface area contributed by atoms with Crippen molar-refractivity contribution in [2.24, 2.45) is 5.92 Å². The smallest absolute Gasteiger partial charge is 0.308 e. The number of esters is 1. The summed E-state index contributed by atoms with van der Waals surface area (Å²) in [7, 11) is -0.949. The van der Waals surface area contributed by atoms with Crippen molar-refractivity contribution in [3.8, 4) is 0 Å². The van der Waals surface area contributed by atoms with Crippen molar-refractivity contribution >= 4 is 15.0 Å². The second kappa shape index (κ2) is 6.19. The molecular formula is C8H18O3Si. The summed E-state index contributed by atoms with van der Waals surface area (Å²) in [5, 5.41) is 0. The van der Waals surface area contributed by atoms with Gasteiger partial charge in [-0.25, -0.2) is 0 Å². The highest BCUT2D eigenvalue weighted by Gasteiger charge is 2.07. The van der Waals surface area contributed by atoms with Crippen molar-refractivity contribution in [1.29, 1.82) is 0 Å². The van der Waals surface area contributed by atoms with E-state index in [9.17, 15) is 4.79 Å². The summed E-state index contributed by atoms with van der Waals surface area (Å²) in [6.07, 6.45) is 0. The third-order valence-electron chi connectivity index (χ3n) is 1.25. The van der Waals surface area contributed by atoms with Crippen molar-refractivity contribution in [2.45, 2.75) is 26.9 Å². The van der Waals surface area contributed by atoms with E-state index in [1.807, 2.05) is 13.8 Å². The summed E-state index contributed by atoms with van der Waals surface area (Å²) in [5.41, 5.74) is 0. The monoisotopic (exact) mass is 190 g/mol. The van der Waals surface area contributed by atoms with Crippen LogP contribution in [0.5, 0.6) is 0 Å². The van der Waals surface area contributed by atoms with E-state index in [1.54, 1.807) is 0 Å². The number of hydrogen-bond donors (Lipinski definition) is 0. The molecule has 0 rings (SSSR count). The van der Waals surface area contributed by atoms with Crippen LogP contribution in [0.15, 0.2) is 0 Å². The first-order valence-corrected chi connectivity index (χ1v) is 7.10. The lowest BCUT2D eigenvalue weighted by Crippen LogP contribution is -2.18. The van der Waals surface area contributed by atoms with Gasteiger partial charge in [0, 0.05) is 0 Å². The first kappa shape index (κ1) is 11.6. The predicted octanol–water partition coefficient (Wildman–Crippen LogP) is 1.19. The Balaban J connectivity index is 3.26. The Morgan fingerprint density at radius 3 is 2.33 bits per heavy atom. The molecule has 12 heavy (non-hydrogen) atoms. The topological polar surface area (TPSA) is 35.5 Å². The predicted molar refractivity (Wildman–Crippen MR) is 50.6 cm³/mol. The minimum Gasteiger partial charge on any atom is -0.463 e. The zero-order chi connectivity index (χ0) is 9.56. The van der Waals surface area contributed by atoms with E-state index in [0.717, 1.165) is 0 Å². The molecule has 0 unspecified atom stereocenters. The van der Waals surface area contributed by atoms with Gasteiger partial charge in [-0.05, 0) is 13.1 Å². The Hall–Kier alpha value is -0.353. The van der Waals surface area contributed by atoms with Crippen molar-refractivity contribution in [3.05, 3.63) is 0 Å². The van der Waals surface area contributed by atoms with Crippen LogP contribution in [0, 0.1) is 5.92 Å². The molecule has 0 radical (unpaired) electrons. The van der Waals surface area contributed by atoms with Gasteiger partial charge in [-0.3, -0.25) is 4.79 Å². The van der Waals surface area contributed by atoms with Crippen LogP contribution in [0.3, 0.4) is 0 Å². The molecule has 3 nitrogen and oxygen atoms in total. The third-order valence-corrected chi connectivity index (χ3v) is 2.15. The molecule has 0 heterocycles. The second-order valence-corrected chi connectivity index (χ2v) is 5.67. The summed E-state index contributed by atoms with van der Waals surface area (Å²) < 4.78 is 10.2. The van der Waals surface area contributed by atoms with Crippen LogP contribution < -0.4 is 0 Å². The van der Waals surface area contributed by atoms with Gasteiger partial charge < -0.3 is 9.16 Å². The average Bonchev–Trinajstić information content (AvgIpc) is 1.97. The number of carbonyl (C=O) groups excluding carboxylic acids is 1. The lowest BCUT2D eigenvalue weighted by Gasteiger charge is -2.08. The molecule has 0 atom stereocenters. The maximum Gasteiger partial charge on any atom is 0.308 e. The van der Waals surface area contributed by atoms with E-state index in [2.05, 4.69) is 13.1 Å². The number of hydrogen-bond acceptors (Lipinski definition) is 3. The summed E-state index contributed by atoms with van der Waals surface area (Å²) in [6.45, 7) is 8.75. The van der Waals surface area contributed by atoms with Gasteiger partial charge >= 0.3 is 5.97 Å². The van der Waals surface area contributed by atoms with Crippen LogP contribution in [0.25, 0.3) is 0 Å². The quantitative estimate of drug-likeness (QED) is 0.371. The maximum atomic E-state index is 10.9. The fraction of sp³-hybridized carbons (Fsp3) is 0.875.